The maximum atomic E-state index is 5.27. The van der Waals surface area contributed by atoms with Gasteiger partial charge >= 0.3 is 0 Å². The van der Waals surface area contributed by atoms with Crippen molar-refractivity contribution >= 4 is 24.6 Å². The lowest BCUT2D eigenvalue weighted by Gasteiger charge is -1.88. The third kappa shape index (κ3) is 11.8. The first kappa shape index (κ1) is 23.0. The molecule has 1 rings (SSSR count). The summed E-state index contributed by atoms with van der Waals surface area (Å²) in [6.45, 7) is 0. The average molecular weight is 227 g/mol. The van der Waals surface area contributed by atoms with E-state index >= 15 is 0 Å². The van der Waals surface area contributed by atoms with Gasteiger partial charge in [-0.2, -0.15) is 12.6 Å². The van der Waals surface area contributed by atoms with Gasteiger partial charge in [0, 0.05) is 4.90 Å². The van der Waals surface area contributed by atoms with Crippen molar-refractivity contribution in [2.24, 2.45) is 5.14 Å². The molecule has 0 bridgehead atoms. The minimum Gasteiger partial charge on any atom is -0.412 e. The third-order valence-corrected chi connectivity index (χ3v) is 1.42. The van der Waals surface area contributed by atoms with Crippen LogP contribution in [0.15, 0.2) is 35.2 Å². The molecule has 0 fully saturated rings. The molecular weight excluding hydrogens is 210 g/mol. The molecule has 0 heterocycles. The van der Waals surface area contributed by atoms with E-state index in [2.05, 4.69) is 12.6 Å². The van der Waals surface area contributed by atoms with Gasteiger partial charge in [0.15, 0.2) is 0 Å². The van der Waals surface area contributed by atoms with Gasteiger partial charge in [0.25, 0.3) is 0 Å². The summed E-state index contributed by atoms with van der Waals surface area (Å²) in [6, 6.07) is 9.86. The van der Waals surface area contributed by atoms with Crippen molar-refractivity contribution in [2.45, 2.75) is 4.90 Å². The lowest BCUT2D eigenvalue weighted by molar-refractivity contribution is 0.823. The number of hydrogen-bond donors (Lipinski definition) is 2. The molecule has 80 valence electrons. The first-order valence-corrected chi connectivity index (χ1v) is 4.57. The molecule has 0 aliphatic carbocycles. The van der Waals surface area contributed by atoms with Gasteiger partial charge in [0.05, 0.1) is 0 Å². The Hall–Kier alpha value is -0.240. The van der Waals surface area contributed by atoms with Crippen molar-refractivity contribution in [1.29, 1.82) is 0 Å². The smallest absolute Gasteiger partial charge is 0.0225 e. The SMILES string of the molecule is CS.NSc1ccccc1.O.O.O. The van der Waals surface area contributed by atoms with Crippen molar-refractivity contribution in [3.63, 3.8) is 0 Å². The molecule has 0 amide bonds. The molecule has 13 heavy (non-hydrogen) atoms. The second-order valence-electron chi connectivity index (χ2n) is 1.43. The van der Waals surface area contributed by atoms with Gasteiger partial charge in [0.2, 0.25) is 0 Å². The van der Waals surface area contributed by atoms with Crippen LogP contribution in [0.5, 0.6) is 0 Å². The lowest BCUT2D eigenvalue weighted by Crippen LogP contribution is -1.75. The first-order valence-electron chi connectivity index (χ1n) is 2.80. The molecule has 0 saturated heterocycles. The molecule has 0 spiro atoms. The summed E-state index contributed by atoms with van der Waals surface area (Å²) in [4.78, 5) is 1.10. The summed E-state index contributed by atoms with van der Waals surface area (Å²) in [5.74, 6) is 0. The van der Waals surface area contributed by atoms with E-state index < -0.39 is 0 Å². The van der Waals surface area contributed by atoms with E-state index in [0.717, 1.165) is 4.90 Å². The normalized spacial score (nSPS) is 6.08. The van der Waals surface area contributed by atoms with Crippen molar-refractivity contribution in [2.75, 3.05) is 6.26 Å². The number of thiol groups is 1. The summed E-state index contributed by atoms with van der Waals surface area (Å²) in [5, 5.41) is 5.27. The van der Waals surface area contributed by atoms with E-state index in [1.165, 1.54) is 11.9 Å². The Morgan fingerprint density at radius 1 is 1.00 bits per heavy atom. The van der Waals surface area contributed by atoms with E-state index in [1.54, 1.807) is 6.26 Å². The monoisotopic (exact) mass is 227 g/mol. The molecule has 1 aromatic carbocycles. The molecule has 1 aromatic rings. The summed E-state index contributed by atoms with van der Waals surface area (Å²) in [5.41, 5.74) is 0. The summed E-state index contributed by atoms with van der Waals surface area (Å²) in [7, 11) is 0. The number of benzene rings is 1. The zero-order chi connectivity index (χ0) is 7.82. The topological polar surface area (TPSA) is 121 Å². The Morgan fingerprint density at radius 3 is 1.62 bits per heavy atom. The van der Waals surface area contributed by atoms with Crippen LogP contribution in [0.1, 0.15) is 0 Å². The third-order valence-electron chi connectivity index (χ3n) is 0.879. The fourth-order valence-electron chi connectivity index (χ4n) is 0.499. The molecule has 0 atom stereocenters. The highest BCUT2D eigenvalue weighted by Gasteiger charge is 1.81. The number of nitrogens with two attached hydrogens (primary N) is 1. The van der Waals surface area contributed by atoms with Crippen LogP contribution in [0.4, 0.5) is 0 Å². The maximum absolute atomic E-state index is 5.27. The lowest BCUT2D eigenvalue weighted by atomic mass is 10.4. The Balaban J connectivity index is -0.0000000761. The van der Waals surface area contributed by atoms with E-state index in [1.807, 2.05) is 30.3 Å². The molecule has 0 unspecified atom stereocenters. The van der Waals surface area contributed by atoms with E-state index in [-0.39, 0.29) is 16.4 Å². The quantitative estimate of drug-likeness (QED) is 0.506. The Morgan fingerprint density at radius 2 is 1.38 bits per heavy atom. The second-order valence-corrected chi connectivity index (χ2v) is 2.14. The number of hydrogen-bond acceptors (Lipinski definition) is 3. The molecular formula is C7H17NO3S2. The Bertz CT molecular complexity index is 163. The van der Waals surface area contributed by atoms with Gasteiger partial charge in [0.1, 0.15) is 0 Å². The predicted molar refractivity (Wildman–Crippen MR) is 62.2 cm³/mol. The van der Waals surface area contributed by atoms with Crippen LogP contribution in [-0.4, -0.2) is 22.7 Å². The highest BCUT2D eigenvalue weighted by Crippen LogP contribution is 2.08. The van der Waals surface area contributed by atoms with E-state index in [0.29, 0.717) is 0 Å². The summed E-state index contributed by atoms with van der Waals surface area (Å²) in [6.07, 6.45) is 1.69. The molecule has 0 aliphatic heterocycles. The number of rotatable bonds is 1. The van der Waals surface area contributed by atoms with Crippen LogP contribution >= 0.6 is 24.6 Å². The first-order chi connectivity index (χ1) is 4.93. The molecule has 6 heteroatoms. The van der Waals surface area contributed by atoms with Crippen LogP contribution in [0, 0.1) is 0 Å². The van der Waals surface area contributed by atoms with Crippen molar-refractivity contribution < 1.29 is 16.4 Å². The molecule has 0 aromatic heterocycles. The van der Waals surface area contributed by atoms with E-state index in [4.69, 9.17) is 5.14 Å². The molecule has 0 radical (unpaired) electrons. The minimum atomic E-state index is 0. The maximum Gasteiger partial charge on any atom is 0.0225 e. The molecule has 4 nitrogen and oxygen atoms in total. The summed E-state index contributed by atoms with van der Waals surface area (Å²) >= 11 is 4.80. The fourth-order valence-corrected chi connectivity index (χ4v) is 0.813. The second kappa shape index (κ2) is 17.7. The van der Waals surface area contributed by atoms with Gasteiger partial charge in [-0.1, -0.05) is 18.2 Å². The average Bonchev–Trinajstić information content (AvgIpc) is 2.10. The van der Waals surface area contributed by atoms with Gasteiger partial charge in [-0.3, -0.25) is 5.14 Å². The van der Waals surface area contributed by atoms with Gasteiger partial charge in [-0.05, 0) is 30.3 Å². The van der Waals surface area contributed by atoms with E-state index in [9.17, 15) is 0 Å². The zero-order valence-corrected chi connectivity index (χ0v) is 9.03. The van der Waals surface area contributed by atoms with Crippen molar-refractivity contribution in [1.82, 2.24) is 0 Å². The van der Waals surface area contributed by atoms with Crippen LogP contribution in [0.25, 0.3) is 0 Å². The highest BCUT2D eigenvalue weighted by atomic mass is 32.2. The Labute approximate surface area is 88.0 Å². The zero-order valence-electron chi connectivity index (χ0n) is 7.32. The molecule has 0 saturated carbocycles. The van der Waals surface area contributed by atoms with Crippen LogP contribution in [0.2, 0.25) is 0 Å². The van der Waals surface area contributed by atoms with Gasteiger partial charge < -0.3 is 16.4 Å². The minimum absolute atomic E-state index is 0. The fraction of sp³-hybridized carbons (Fsp3) is 0.143. The van der Waals surface area contributed by atoms with Gasteiger partial charge in [-0.25, -0.2) is 0 Å². The largest absolute Gasteiger partial charge is 0.412 e. The van der Waals surface area contributed by atoms with Crippen LogP contribution in [-0.2, 0) is 0 Å². The molecule has 0 aliphatic rings. The highest BCUT2D eigenvalue weighted by molar-refractivity contribution is 7.97. The Kier molecular flexibility index (Phi) is 31.4. The van der Waals surface area contributed by atoms with Crippen LogP contribution < -0.4 is 5.14 Å². The van der Waals surface area contributed by atoms with Crippen molar-refractivity contribution in [3.05, 3.63) is 30.3 Å². The van der Waals surface area contributed by atoms with Crippen molar-refractivity contribution in [3.8, 4) is 0 Å². The van der Waals surface area contributed by atoms with Crippen LogP contribution in [0.3, 0.4) is 0 Å². The van der Waals surface area contributed by atoms with Gasteiger partial charge in [-0.15, -0.1) is 0 Å². The summed E-state index contributed by atoms with van der Waals surface area (Å²) < 4.78 is 0. The predicted octanol–water partition coefficient (Wildman–Crippen LogP) is -0.276. The standard InChI is InChI=1S/C6H7NS.CH4S.3H2O/c7-8-6-4-2-1-3-5-6;1-2;;;/h1-5H,7H2;2H,1H3;3*1H2. The molecule has 8 N–H and O–H groups in total.